The van der Waals surface area contributed by atoms with Crippen LogP contribution in [0.3, 0.4) is 0 Å². The van der Waals surface area contributed by atoms with Crippen molar-refractivity contribution in [2.75, 3.05) is 6.54 Å². The van der Waals surface area contributed by atoms with Crippen molar-refractivity contribution >= 4 is 21.4 Å². The molecule has 6 heteroatoms. The lowest BCUT2D eigenvalue weighted by Gasteiger charge is -2.24. The summed E-state index contributed by atoms with van der Waals surface area (Å²) in [5.74, 6) is 0. The van der Waals surface area contributed by atoms with Crippen LogP contribution in [0.1, 0.15) is 36.4 Å². The SMILES string of the molecule is C=CCN(C(C)C)S(=O)(=O)c1cc(CNC2CC2)sc1C. The summed E-state index contributed by atoms with van der Waals surface area (Å²) in [7, 11) is -3.45. The Kier molecular flexibility index (Phi) is 5.24. The molecule has 0 aromatic carbocycles. The zero-order chi connectivity index (χ0) is 15.6. The number of nitrogens with one attached hydrogen (secondary N) is 1. The molecule has 1 saturated carbocycles. The maximum Gasteiger partial charge on any atom is 0.244 e. The summed E-state index contributed by atoms with van der Waals surface area (Å²) < 4.78 is 27.1. The molecule has 0 atom stereocenters. The molecule has 0 unspecified atom stereocenters. The Bertz CT molecular complexity index is 601. The first-order valence-corrected chi connectivity index (χ1v) is 9.57. The molecule has 1 N–H and O–H groups in total. The van der Waals surface area contributed by atoms with Gasteiger partial charge in [0.15, 0.2) is 0 Å². The zero-order valence-electron chi connectivity index (χ0n) is 12.9. The molecule has 0 bridgehead atoms. The molecule has 1 aliphatic rings. The van der Waals surface area contributed by atoms with Crippen LogP contribution in [0.4, 0.5) is 0 Å². The molecule has 1 heterocycles. The summed E-state index contributed by atoms with van der Waals surface area (Å²) in [5.41, 5.74) is 0. The summed E-state index contributed by atoms with van der Waals surface area (Å²) in [6.07, 6.45) is 4.10. The molecule has 4 nitrogen and oxygen atoms in total. The topological polar surface area (TPSA) is 49.4 Å². The predicted molar refractivity (Wildman–Crippen MR) is 88.1 cm³/mol. The predicted octanol–water partition coefficient (Wildman–Crippen LogP) is 2.89. The van der Waals surface area contributed by atoms with Crippen LogP contribution >= 0.6 is 11.3 Å². The summed E-state index contributed by atoms with van der Waals surface area (Å²) in [4.78, 5) is 2.38. The van der Waals surface area contributed by atoms with Gasteiger partial charge in [0.05, 0.1) is 4.90 Å². The van der Waals surface area contributed by atoms with Crippen molar-refractivity contribution < 1.29 is 8.42 Å². The normalized spacial score (nSPS) is 15.9. The van der Waals surface area contributed by atoms with Gasteiger partial charge < -0.3 is 5.32 Å². The van der Waals surface area contributed by atoms with E-state index in [-0.39, 0.29) is 6.04 Å². The molecule has 0 saturated heterocycles. The smallest absolute Gasteiger partial charge is 0.244 e. The van der Waals surface area contributed by atoms with E-state index in [0.717, 1.165) is 16.3 Å². The molecule has 2 rings (SSSR count). The fourth-order valence-corrected chi connectivity index (χ4v) is 5.40. The van der Waals surface area contributed by atoms with Gasteiger partial charge in [-0.05, 0) is 39.7 Å². The number of thiophene rings is 1. The summed E-state index contributed by atoms with van der Waals surface area (Å²) in [5, 5.41) is 3.43. The van der Waals surface area contributed by atoms with E-state index < -0.39 is 10.0 Å². The lowest BCUT2D eigenvalue weighted by atomic mass is 10.4. The minimum atomic E-state index is -3.45. The maximum absolute atomic E-state index is 12.8. The third-order valence-electron chi connectivity index (χ3n) is 3.54. The first-order valence-electron chi connectivity index (χ1n) is 7.31. The summed E-state index contributed by atoms with van der Waals surface area (Å²) in [6, 6.07) is 2.36. The highest BCUT2D eigenvalue weighted by atomic mass is 32.2. The maximum atomic E-state index is 12.8. The van der Waals surface area contributed by atoms with Crippen LogP contribution < -0.4 is 5.32 Å². The second-order valence-electron chi connectivity index (χ2n) is 5.75. The third-order valence-corrected chi connectivity index (χ3v) is 6.88. The van der Waals surface area contributed by atoms with Crippen molar-refractivity contribution in [1.29, 1.82) is 0 Å². The lowest BCUT2D eigenvalue weighted by molar-refractivity contribution is 0.383. The molecule has 21 heavy (non-hydrogen) atoms. The highest BCUT2D eigenvalue weighted by molar-refractivity contribution is 7.89. The molecule has 1 fully saturated rings. The van der Waals surface area contributed by atoms with Crippen LogP contribution in [0.15, 0.2) is 23.6 Å². The van der Waals surface area contributed by atoms with E-state index in [1.807, 2.05) is 26.8 Å². The third kappa shape index (κ3) is 3.94. The van der Waals surface area contributed by atoms with Gasteiger partial charge in [-0.1, -0.05) is 6.08 Å². The highest BCUT2D eigenvalue weighted by Crippen LogP contribution is 2.30. The van der Waals surface area contributed by atoms with E-state index in [1.54, 1.807) is 17.4 Å². The molecule has 1 aromatic rings. The first kappa shape index (κ1) is 16.7. The fraction of sp³-hybridized carbons (Fsp3) is 0.600. The number of rotatable bonds is 8. The van der Waals surface area contributed by atoms with Gasteiger partial charge in [-0.2, -0.15) is 4.31 Å². The Morgan fingerprint density at radius 3 is 2.71 bits per heavy atom. The molecule has 0 spiro atoms. The van der Waals surface area contributed by atoms with Gasteiger partial charge in [0.25, 0.3) is 0 Å². The molecular weight excluding hydrogens is 304 g/mol. The average molecular weight is 329 g/mol. The van der Waals surface area contributed by atoms with Crippen LogP contribution in [0.5, 0.6) is 0 Å². The van der Waals surface area contributed by atoms with Gasteiger partial charge in [-0.15, -0.1) is 17.9 Å². The van der Waals surface area contributed by atoms with Crippen LogP contribution in [0.2, 0.25) is 0 Å². The number of hydrogen-bond donors (Lipinski definition) is 1. The molecule has 118 valence electrons. The fourth-order valence-electron chi connectivity index (χ4n) is 2.24. The number of aryl methyl sites for hydroxylation is 1. The summed E-state index contributed by atoms with van der Waals surface area (Å²) in [6.45, 7) is 10.4. The molecule has 0 amide bonds. The van der Waals surface area contributed by atoms with Gasteiger partial charge in [0, 0.05) is 34.9 Å². The molecular formula is C15H24N2O2S2. The Labute approximate surface area is 131 Å². The van der Waals surface area contributed by atoms with E-state index in [4.69, 9.17) is 0 Å². The monoisotopic (exact) mass is 328 g/mol. The molecule has 1 aliphatic carbocycles. The largest absolute Gasteiger partial charge is 0.309 e. The molecule has 1 aromatic heterocycles. The van der Waals surface area contributed by atoms with Gasteiger partial charge in [-0.3, -0.25) is 0 Å². The summed E-state index contributed by atoms with van der Waals surface area (Å²) >= 11 is 1.56. The van der Waals surface area contributed by atoms with Crippen LogP contribution in [0, 0.1) is 6.92 Å². The van der Waals surface area contributed by atoms with Crippen LogP contribution in [0.25, 0.3) is 0 Å². The van der Waals surface area contributed by atoms with Crippen molar-refractivity contribution in [3.8, 4) is 0 Å². The molecule has 0 radical (unpaired) electrons. The van der Waals surface area contributed by atoms with Gasteiger partial charge >= 0.3 is 0 Å². The van der Waals surface area contributed by atoms with E-state index in [1.165, 1.54) is 17.1 Å². The van der Waals surface area contributed by atoms with E-state index in [9.17, 15) is 8.42 Å². The van der Waals surface area contributed by atoms with Gasteiger partial charge in [0.2, 0.25) is 10.0 Å². The van der Waals surface area contributed by atoms with E-state index in [0.29, 0.717) is 17.5 Å². The number of nitrogens with zero attached hydrogens (tertiary/aromatic N) is 1. The Morgan fingerprint density at radius 2 is 2.19 bits per heavy atom. The second-order valence-corrected chi connectivity index (χ2v) is 8.95. The minimum absolute atomic E-state index is 0.0830. The van der Waals surface area contributed by atoms with Gasteiger partial charge in [0.1, 0.15) is 0 Å². The van der Waals surface area contributed by atoms with Crippen molar-refractivity contribution in [2.45, 2.75) is 57.1 Å². The van der Waals surface area contributed by atoms with Crippen LogP contribution in [-0.4, -0.2) is 31.4 Å². The Balaban J connectivity index is 2.23. The van der Waals surface area contributed by atoms with E-state index >= 15 is 0 Å². The minimum Gasteiger partial charge on any atom is -0.309 e. The van der Waals surface area contributed by atoms with Crippen molar-refractivity contribution in [2.24, 2.45) is 0 Å². The first-order chi connectivity index (χ1) is 9.86. The Morgan fingerprint density at radius 1 is 1.52 bits per heavy atom. The van der Waals surface area contributed by atoms with Crippen molar-refractivity contribution in [3.05, 3.63) is 28.5 Å². The second kappa shape index (κ2) is 6.60. The number of hydrogen-bond acceptors (Lipinski definition) is 4. The van der Waals surface area contributed by atoms with Crippen molar-refractivity contribution in [3.63, 3.8) is 0 Å². The lowest BCUT2D eigenvalue weighted by Crippen LogP contribution is -2.37. The Hall–Kier alpha value is -0.690. The quantitative estimate of drug-likeness (QED) is 0.747. The highest BCUT2D eigenvalue weighted by Gasteiger charge is 2.29. The number of sulfonamides is 1. The zero-order valence-corrected chi connectivity index (χ0v) is 14.6. The molecule has 0 aliphatic heterocycles. The van der Waals surface area contributed by atoms with Crippen molar-refractivity contribution in [1.82, 2.24) is 9.62 Å². The van der Waals surface area contributed by atoms with Crippen LogP contribution in [-0.2, 0) is 16.6 Å². The van der Waals surface area contributed by atoms with E-state index in [2.05, 4.69) is 11.9 Å². The standard InChI is InChI=1S/C15H24N2O2S2/c1-5-8-17(11(2)3)21(18,19)15-9-14(20-12(15)4)10-16-13-6-7-13/h5,9,11,13,16H,1,6-8,10H2,2-4H3. The average Bonchev–Trinajstić information content (AvgIpc) is 3.15. The van der Waals surface area contributed by atoms with Gasteiger partial charge in [-0.25, -0.2) is 8.42 Å².